The van der Waals surface area contributed by atoms with Crippen molar-refractivity contribution in [2.75, 3.05) is 13.2 Å². The molecule has 0 fully saturated rings. The van der Waals surface area contributed by atoms with Crippen LogP contribution in [0.25, 0.3) is 0 Å². The molecule has 0 radical (unpaired) electrons. The van der Waals surface area contributed by atoms with E-state index in [1.165, 1.54) is 0 Å². The number of nitrogens with zero attached hydrogens (tertiary/aromatic N) is 2. The van der Waals surface area contributed by atoms with E-state index in [0.717, 1.165) is 30.9 Å². The lowest BCUT2D eigenvalue weighted by atomic mass is 10.2. The van der Waals surface area contributed by atoms with E-state index in [2.05, 4.69) is 10.3 Å². The molecule has 0 amide bonds. The highest BCUT2D eigenvalue weighted by molar-refractivity contribution is 5.85. The number of imidazole rings is 1. The Morgan fingerprint density at radius 1 is 1.59 bits per heavy atom. The first-order chi connectivity index (χ1) is 8.09. The van der Waals surface area contributed by atoms with E-state index in [0.29, 0.717) is 18.3 Å². The van der Waals surface area contributed by atoms with Crippen LogP contribution in [0.15, 0.2) is 0 Å². The third kappa shape index (κ3) is 2.49. The van der Waals surface area contributed by atoms with Crippen LogP contribution in [0.1, 0.15) is 35.9 Å². The molecule has 5 nitrogen and oxygen atoms in total. The van der Waals surface area contributed by atoms with Gasteiger partial charge in [-0.05, 0) is 5.92 Å². The summed E-state index contributed by atoms with van der Waals surface area (Å²) in [7, 11) is 1.88. The normalized spacial score (nSPS) is 14.8. The maximum absolute atomic E-state index is 11.9. The molecule has 0 unspecified atom stereocenters. The molecule has 0 saturated carbocycles. The van der Waals surface area contributed by atoms with E-state index in [4.69, 9.17) is 4.74 Å². The largest absolute Gasteiger partial charge is 0.460 e. The first-order valence-electron chi connectivity index (χ1n) is 6.02. The van der Waals surface area contributed by atoms with Crippen LogP contribution in [0, 0.1) is 5.92 Å². The second-order valence-electron chi connectivity index (χ2n) is 4.81. The summed E-state index contributed by atoms with van der Waals surface area (Å²) in [6, 6.07) is 0. The van der Waals surface area contributed by atoms with Gasteiger partial charge in [-0.2, -0.15) is 0 Å². The zero-order chi connectivity index (χ0) is 12.4. The lowest BCUT2D eigenvalue weighted by molar-refractivity contribution is 0.0440. The summed E-state index contributed by atoms with van der Waals surface area (Å²) in [6.45, 7) is 6.14. The number of nitrogens with one attached hydrogen (secondary N) is 1. The summed E-state index contributed by atoms with van der Waals surface area (Å²) in [5, 5.41) is 3.24. The standard InChI is InChI=1S/C12H19N3O2/c1-8(2)7-17-12(16)11-14-9-6-13-5-4-10(9)15(11)3/h8,13H,4-7H2,1-3H3. The second kappa shape index (κ2) is 4.87. The first-order valence-corrected chi connectivity index (χ1v) is 6.02. The molecule has 1 aliphatic heterocycles. The van der Waals surface area contributed by atoms with Gasteiger partial charge in [-0.3, -0.25) is 0 Å². The lowest BCUT2D eigenvalue weighted by Crippen LogP contribution is -2.24. The van der Waals surface area contributed by atoms with Crippen molar-refractivity contribution in [3.63, 3.8) is 0 Å². The van der Waals surface area contributed by atoms with E-state index in [1.807, 2.05) is 25.5 Å². The van der Waals surface area contributed by atoms with Crippen molar-refractivity contribution in [2.45, 2.75) is 26.8 Å². The predicted octanol–water partition coefficient (Wildman–Crippen LogP) is 0.879. The van der Waals surface area contributed by atoms with Crippen LogP contribution in [0.2, 0.25) is 0 Å². The Labute approximate surface area is 101 Å². The van der Waals surface area contributed by atoms with E-state index >= 15 is 0 Å². The van der Waals surface area contributed by atoms with E-state index in [9.17, 15) is 4.79 Å². The number of ether oxygens (including phenoxy) is 1. The molecule has 5 heteroatoms. The number of hydrogen-bond donors (Lipinski definition) is 1. The smallest absolute Gasteiger partial charge is 0.374 e. The number of carbonyl (C=O) groups excluding carboxylic acids is 1. The summed E-state index contributed by atoms with van der Waals surface area (Å²) in [4.78, 5) is 16.2. The molecule has 1 aliphatic rings. The van der Waals surface area contributed by atoms with Crippen LogP contribution >= 0.6 is 0 Å². The van der Waals surface area contributed by atoms with Crippen LogP contribution in [0.3, 0.4) is 0 Å². The number of esters is 1. The maximum Gasteiger partial charge on any atom is 0.374 e. The molecule has 1 N–H and O–H groups in total. The van der Waals surface area contributed by atoms with Gasteiger partial charge >= 0.3 is 5.97 Å². The minimum atomic E-state index is -0.324. The topological polar surface area (TPSA) is 56.1 Å². The van der Waals surface area contributed by atoms with Gasteiger partial charge in [0.25, 0.3) is 0 Å². The predicted molar refractivity (Wildman–Crippen MR) is 63.7 cm³/mol. The number of fused-ring (bicyclic) bond motifs is 1. The van der Waals surface area contributed by atoms with Crippen LogP contribution in [0.4, 0.5) is 0 Å². The molecule has 0 atom stereocenters. The van der Waals surface area contributed by atoms with Crippen molar-refractivity contribution < 1.29 is 9.53 Å². The molecule has 0 aromatic carbocycles. The number of aromatic nitrogens is 2. The second-order valence-corrected chi connectivity index (χ2v) is 4.81. The van der Waals surface area contributed by atoms with Gasteiger partial charge in [0.05, 0.1) is 12.3 Å². The fraction of sp³-hybridized carbons (Fsp3) is 0.667. The number of hydrogen-bond acceptors (Lipinski definition) is 4. The first kappa shape index (κ1) is 12.1. The molecule has 94 valence electrons. The molecule has 1 aromatic rings. The Hall–Kier alpha value is -1.36. The van der Waals surface area contributed by atoms with Gasteiger partial charge in [-0.1, -0.05) is 13.8 Å². The van der Waals surface area contributed by atoms with Gasteiger partial charge < -0.3 is 14.6 Å². The molecule has 2 heterocycles. The quantitative estimate of drug-likeness (QED) is 0.793. The van der Waals surface area contributed by atoms with Crippen molar-refractivity contribution in [1.82, 2.24) is 14.9 Å². The third-order valence-electron chi connectivity index (χ3n) is 2.86. The summed E-state index contributed by atoms with van der Waals surface area (Å²) in [6.07, 6.45) is 0.913. The fourth-order valence-electron chi connectivity index (χ4n) is 1.95. The van der Waals surface area contributed by atoms with Gasteiger partial charge in [0.15, 0.2) is 0 Å². The van der Waals surface area contributed by atoms with E-state index in [1.54, 1.807) is 0 Å². The van der Waals surface area contributed by atoms with Crippen LogP contribution in [-0.2, 0) is 24.8 Å². The molecule has 0 bridgehead atoms. The molecule has 0 aliphatic carbocycles. The Kier molecular flexibility index (Phi) is 3.47. The van der Waals surface area contributed by atoms with Crippen molar-refractivity contribution in [1.29, 1.82) is 0 Å². The Morgan fingerprint density at radius 2 is 2.35 bits per heavy atom. The zero-order valence-corrected chi connectivity index (χ0v) is 10.6. The molecule has 17 heavy (non-hydrogen) atoms. The highest BCUT2D eigenvalue weighted by atomic mass is 16.5. The summed E-state index contributed by atoms with van der Waals surface area (Å²) in [5.74, 6) is 0.436. The minimum Gasteiger partial charge on any atom is -0.460 e. The van der Waals surface area contributed by atoms with Gasteiger partial charge in [0.2, 0.25) is 5.82 Å². The van der Waals surface area contributed by atoms with E-state index in [-0.39, 0.29) is 5.97 Å². The summed E-state index contributed by atoms with van der Waals surface area (Å²) < 4.78 is 7.07. The van der Waals surface area contributed by atoms with Gasteiger partial charge in [-0.25, -0.2) is 9.78 Å². The number of carbonyl (C=O) groups is 1. The zero-order valence-electron chi connectivity index (χ0n) is 10.6. The van der Waals surface area contributed by atoms with Gasteiger partial charge in [0.1, 0.15) is 0 Å². The monoisotopic (exact) mass is 237 g/mol. The van der Waals surface area contributed by atoms with Gasteiger partial charge in [0, 0.05) is 32.3 Å². The molecule has 0 saturated heterocycles. The molecule has 1 aromatic heterocycles. The maximum atomic E-state index is 11.9. The SMILES string of the molecule is CC(C)COC(=O)c1nc2c(n1C)CCNC2. The summed E-state index contributed by atoms with van der Waals surface area (Å²) in [5.41, 5.74) is 2.11. The lowest BCUT2D eigenvalue weighted by Gasteiger charge is -2.12. The molecular formula is C12H19N3O2. The van der Waals surface area contributed by atoms with E-state index < -0.39 is 0 Å². The van der Waals surface area contributed by atoms with Crippen LogP contribution in [0.5, 0.6) is 0 Å². The van der Waals surface area contributed by atoms with Crippen molar-refractivity contribution in [3.8, 4) is 0 Å². The minimum absolute atomic E-state index is 0.324. The van der Waals surface area contributed by atoms with Crippen molar-refractivity contribution in [2.24, 2.45) is 13.0 Å². The Bertz CT molecular complexity index is 424. The van der Waals surface area contributed by atoms with Crippen molar-refractivity contribution >= 4 is 5.97 Å². The molecule has 2 rings (SSSR count). The fourth-order valence-corrected chi connectivity index (χ4v) is 1.95. The summed E-state index contributed by atoms with van der Waals surface area (Å²) >= 11 is 0. The highest BCUT2D eigenvalue weighted by Gasteiger charge is 2.22. The third-order valence-corrected chi connectivity index (χ3v) is 2.86. The van der Waals surface area contributed by atoms with Crippen molar-refractivity contribution in [3.05, 3.63) is 17.2 Å². The Morgan fingerprint density at radius 3 is 3.00 bits per heavy atom. The number of rotatable bonds is 3. The average molecular weight is 237 g/mol. The molecule has 0 spiro atoms. The van der Waals surface area contributed by atoms with Gasteiger partial charge in [-0.15, -0.1) is 0 Å². The highest BCUT2D eigenvalue weighted by Crippen LogP contribution is 2.15. The van der Waals surface area contributed by atoms with Crippen LogP contribution in [-0.4, -0.2) is 28.7 Å². The Balaban J connectivity index is 2.15. The molecular weight excluding hydrogens is 218 g/mol. The average Bonchev–Trinajstić information content (AvgIpc) is 2.64. The van der Waals surface area contributed by atoms with Crippen LogP contribution < -0.4 is 5.32 Å².